The molecule has 0 fully saturated rings. The summed E-state index contributed by atoms with van der Waals surface area (Å²) in [6.45, 7) is 8.37. The smallest absolute Gasteiger partial charge is 0.138 e. The average molecular weight is 225 g/mol. The summed E-state index contributed by atoms with van der Waals surface area (Å²) in [5.74, 6) is 1.24. The maximum absolute atomic E-state index is 10.1. The van der Waals surface area contributed by atoms with E-state index in [1.165, 1.54) is 0 Å². The molecule has 0 aliphatic heterocycles. The Morgan fingerprint density at radius 1 is 1.31 bits per heavy atom. The molecule has 4 heteroatoms. The lowest BCUT2D eigenvalue weighted by Crippen LogP contribution is -2.24. The van der Waals surface area contributed by atoms with E-state index in [1.54, 1.807) is 6.33 Å². The molecular weight excluding hydrogens is 202 g/mol. The molecule has 0 spiro atoms. The van der Waals surface area contributed by atoms with Crippen LogP contribution in [0.3, 0.4) is 0 Å². The quantitative estimate of drug-likeness (QED) is 0.807. The SMILES string of the molecule is CCC(CC)C(O)Cc1ncnn1C(C)C. The Labute approximate surface area is 97.7 Å². The Balaban J connectivity index is 2.68. The van der Waals surface area contributed by atoms with Crippen molar-refractivity contribution in [1.29, 1.82) is 0 Å². The van der Waals surface area contributed by atoms with Crippen molar-refractivity contribution in [3.8, 4) is 0 Å². The van der Waals surface area contributed by atoms with Gasteiger partial charge in [0.05, 0.1) is 6.10 Å². The number of aromatic nitrogens is 3. The van der Waals surface area contributed by atoms with Crippen LogP contribution in [0, 0.1) is 5.92 Å². The molecule has 4 nitrogen and oxygen atoms in total. The molecule has 1 unspecified atom stereocenters. The van der Waals surface area contributed by atoms with Crippen LogP contribution in [0.4, 0.5) is 0 Å². The molecule has 92 valence electrons. The van der Waals surface area contributed by atoms with E-state index in [4.69, 9.17) is 0 Å². The largest absolute Gasteiger partial charge is 0.392 e. The van der Waals surface area contributed by atoms with E-state index in [2.05, 4.69) is 37.8 Å². The highest BCUT2D eigenvalue weighted by Crippen LogP contribution is 2.17. The molecule has 0 amide bonds. The molecule has 1 atom stereocenters. The number of rotatable bonds is 6. The van der Waals surface area contributed by atoms with E-state index in [0.717, 1.165) is 18.7 Å². The minimum atomic E-state index is -0.309. The van der Waals surface area contributed by atoms with E-state index in [0.29, 0.717) is 18.4 Å². The topological polar surface area (TPSA) is 50.9 Å². The Morgan fingerprint density at radius 2 is 1.94 bits per heavy atom. The number of hydrogen-bond acceptors (Lipinski definition) is 3. The third kappa shape index (κ3) is 3.04. The zero-order chi connectivity index (χ0) is 12.1. The number of nitrogens with zero attached hydrogens (tertiary/aromatic N) is 3. The maximum Gasteiger partial charge on any atom is 0.138 e. The van der Waals surface area contributed by atoms with Crippen LogP contribution in [-0.2, 0) is 6.42 Å². The van der Waals surface area contributed by atoms with Gasteiger partial charge in [-0.1, -0.05) is 26.7 Å². The van der Waals surface area contributed by atoms with Gasteiger partial charge in [-0.2, -0.15) is 5.10 Å². The highest BCUT2D eigenvalue weighted by atomic mass is 16.3. The van der Waals surface area contributed by atoms with E-state index >= 15 is 0 Å². The van der Waals surface area contributed by atoms with Gasteiger partial charge in [0.15, 0.2) is 0 Å². The Morgan fingerprint density at radius 3 is 2.44 bits per heavy atom. The monoisotopic (exact) mass is 225 g/mol. The Hall–Kier alpha value is -0.900. The second kappa shape index (κ2) is 5.99. The van der Waals surface area contributed by atoms with Crippen LogP contribution in [0.1, 0.15) is 52.4 Å². The van der Waals surface area contributed by atoms with Gasteiger partial charge in [-0.15, -0.1) is 0 Å². The van der Waals surface area contributed by atoms with Crippen LogP contribution in [0.15, 0.2) is 6.33 Å². The third-order valence-corrected chi connectivity index (χ3v) is 3.12. The maximum atomic E-state index is 10.1. The van der Waals surface area contributed by atoms with Crippen molar-refractivity contribution in [2.24, 2.45) is 5.92 Å². The fourth-order valence-electron chi connectivity index (χ4n) is 2.04. The lowest BCUT2D eigenvalue weighted by molar-refractivity contribution is 0.0994. The van der Waals surface area contributed by atoms with E-state index in [-0.39, 0.29) is 6.10 Å². The summed E-state index contributed by atoms with van der Waals surface area (Å²) < 4.78 is 1.88. The zero-order valence-electron chi connectivity index (χ0n) is 10.7. The first-order valence-electron chi connectivity index (χ1n) is 6.16. The summed E-state index contributed by atoms with van der Waals surface area (Å²) in [6, 6.07) is 0.298. The number of aliphatic hydroxyl groups is 1. The Kier molecular flexibility index (Phi) is 4.93. The molecule has 0 aliphatic rings. The second-order valence-corrected chi connectivity index (χ2v) is 4.56. The highest BCUT2D eigenvalue weighted by molar-refractivity contribution is 4.90. The van der Waals surface area contributed by atoms with Crippen molar-refractivity contribution in [3.63, 3.8) is 0 Å². The molecule has 0 bridgehead atoms. The lowest BCUT2D eigenvalue weighted by Gasteiger charge is -2.20. The molecule has 1 aromatic rings. The standard InChI is InChI=1S/C12H23N3O/c1-5-10(6-2)11(16)7-12-13-8-14-15(12)9(3)4/h8-11,16H,5-7H2,1-4H3. The van der Waals surface area contributed by atoms with Gasteiger partial charge in [0.2, 0.25) is 0 Å². The van der Waals surface area contributed by atoms with Crippen molar-refractivity contribution >= 4 is 0 Å². The van der Waals surface area contributed by atoms with Gasteiger partial charge in [-0.25, -0.2) is 9.67 Å². The van der Waals surface area contributed by atoms with E-state index < -0.39 is 0 Å². The van der Waals surface area contributed by atoms with Crippen molar-refractivity contribution < 1.29 is 5.11 Å². The minimum Gasteiger partial charge on any atom is -0.392 e. The molecule has 1 rings (SSSR count). The zero-order valence-corrected chi connectivity index (χ0v) is 10.7. The van der Waals surface area contributed by atoms with Crippen LogP contribution in [0.5, 0.6) is 0 Å². The van der Waals surface area contributed by atoms with Gasteiger partial charge in [0.1, 0.15) is 12.2 Å². The van der Waals surface area contributed by atoms with Gasteiger partial charge in [0.25, 0.3) is 0 Å². The molecule has 1 heterocycles. The summed E-state index contributed by atoms with van der Waals surface area (Å²) in [6.07, 6.45) is 3.87. The van der Waals surface area contributed by atoms with Crippen molar-refractivity contribution in [2.75, 3.05) is 0 Å². The molecule has 0 saturated carbocycles. The third-order valence-electron chi connectivity index (χ3n) is 3.12. The van der Waals surface area contributed by atoms with Crippen molar-refractivity contribution in [2.45, 2.75) is 59.1 Å². The average Bonchev–Trinajstić information content (AvgIpc) is 2.67. The highest BCUT2D eigenvalue weighted by Gasteiger charge is 2.19. The summed E-state index contributed by atoms with van der Waals surface area (Å²) in [5, 5.41) is 14.3. The van der Waals surface area contributed by atoms with E-state index in [9.17, 15) is 5.11 Å². The minimum absolute atomic E-state index is 0.298. The summed E-state index contributed by atoms with van der Waals surface area (Å²) >= 11 is 0. The van der Waals surface area contributed by atoms with E-state index in [1.807, 2.05) is 4.68 Å². The molecule has 1 aromatic heterocycles. The number of hydrogen-bond donors (Lipinski definition) is 1. The predicted octanol–water partition coefficient (Wildman–Crippen LogP) is 2.20. The summed E-state index contributed by atoms with van der Waals surface area (Å²) in [7, 11) is 0. The molecule has 0 saturated heterocycles. The predicted molar refractivity (Wildman–Crippen MR) is 64.2 cm³/mol. The van der Waals surface area contributed by atoms with Crippen LogP contribution >= 0.6 is 0 Å². The fourth-order valence-corrected chi connectivity index (χ4v) is 2.04. The summed E-state index contributed by atoms with van der Waals surface area (Å²) in [5.41, 5.74) is 0. The van der Waals surface area contributed by atoms with Crippen LogP contribution < -0.4 is 0 Å². The number of aliphatic hydroxyl groups excluding tert-OH is 1. The molecule has 16 heavy (non-hydrogen) atoms. The molecule has 0 aromatic carbocycles. The molecule has 0 aliphatic carbocycles. The molecular formula is C12H23N3O. The fraction of sp³-hybridized carbons (Fsp3) is 0.833. The second-order valence-electron chi connectivity index (χ2n) is 4.56. The Bertz CT molecular complexity index is 305. The lowest BCUT2D eigenvalue weighted by atomic mass is 9.94. The summed E-state index contributed by atoms with van der Waals surface area (Å²) in [4.78, 5) is 4.22. The first kappa shape index (κ1) is 13.2. The molecule has 1 N–H and O–H groups in total. The van der Waals surface area contributed by atoms with Crippen LogP contribution in [0.25, 0.3) is 0 Å². The van der Waals surface area contributed by atoms with Gasteiger partial charge >= 0.3 is 0 Å². The first-order valence-corrected chi connectivity index (χ1v) is 6.16. The van der Waals surface area contributed by atoms with Crippen molar-refractivity contribution in [3.05, 3.63) is 12.2 Å². The van der Waals surface area contributed by atoms with Crippen LogP contribution in [-0.4, -0.2) is 26.0 Å². The normalized spacial score (nSPS) is 13.7. The van der Waals surface area contributed by atoms with Gasteiger partial charge < -0.3 is 5.11 Å². The van der Waals surface area contributed by atoms with Gasteiger partial charge in [-0.05, 0) is 19.8 Å². The van der Waals surface area contributed by atoms with Gasteiger partial charge in [-0.3, -0.25) is 0 Å². The molecule has 0 radical (unpaired) electrons. The first-order chi connectivity index (χ1) is 7.60. The van der Waals surface area contributed by atoms with Crippen molar-refractivity contribution in [1.82, 2.24) is 14.8 Å². The van der Waals surface area contributed by atoms with Crippen LogP contribution in [0.2, 0.25) is 0 Å². The van der Waals surface area contributed by atoms with Gasteiger partial charge in [0, 0.05) is 12.5 Å².